The lowest BCUT2D eigenvalue weighted by atomic mass is 9.90. The lowest BCUT2D eigenvalue weighted by Gasteiger charge is -2.18. The van der Waals surface area contributed by atoms with E-state index in [0.717, 1.165) is 78.0 Å². The van der Waals surface area contributed by atoms with Gasteiger partial charge in [0.25, 0.3) is 0 Å². The van der Waals surface area contributed by atoms with Gasteiger partial charge in [0.15, 0.2) is 6.29 Å². The Kier molecular flexibility index (Phi) is 18.2. The van der Waals surface area contributed by atoms with E-state index < -0.39 is 0 Å². The highest BCUT2D eigenvalue weighted by Gasteiger charge is 2.15. The van der Waals surface area contributed by atoms with Crippen LogP contribution in [0.15, 0.2) is 48.5 Å². The van der Waals surface area contributed by atoms with Crippen molar-refractivity contribution >= 4 is 35.5 Å². The quantitative estimate of drug-likeness (QED) is 0.171. The molecule has 0 saturated heterocycles. The Morgan fingerprint density at radius 1 is 0.973 bits per heavy atom. The number of nitrogens with zero attached hydrogens (tertiary/aromatic N) is 1. The number of nitrogens with one attached hydrogen (secondary N) is 1. The third kappa shape index (κ3) is 10.4. The Morgan fingerprint density at radius 2 is 1.57 bits per heavy atom. The third-order valence-electron chi connectivity index (χ3n) is 6.11. The molecule has 2 aromatic rings. The van der Waals surface area contributed by atoms with Crippen LogP contribution in [0, 0.1) is 0 Å². The molecule has 0 atom stereocenters. The Morgan fingerprint density at radius 3 is 2.05 bits per heavy atom. The van der Waals surface area contributed by atoms with E-state index in [2.05, 4.69) is 81.2 Å². The Hall–Kier alpha value is -3.18. The minimum absolute atomic E-state index is 0.667. The lowest BCUT2D eigenvalue weighted by Crippen LogP contribution is -2.27. The first-order valence-corrected chi connectivity index (χ1v) is 13.4. The van der Waals surface area contributed by atoms with Crippen LogP contribution in [0.4, 0.5) is 5.69 Å². The third-order valence-corrected chi connectivity index (χ3v) is 6.11. The number of allylic oxidation sites excluding steroid dienone is 4. The summed E-state index contributed by atoms with van der Waals surface area (Å²) in [4.78, 5) is 22.7. The fourth-order valence-electron chi connectivity index (χ4n) is 4.09. The number of benzene rings is 2. The van der Waals surface area contributed by atoms with Crippen LogP contribution in [0.25, 0.3) is 16.7 Å². The van der Waals surface area contributed by atoms with E-state index in [1.807, 2.05) is 39.8 Å². The van der Waals surface area contributed by atoms with Gasteiger partial charge in [-0.3, -0.25) is 4.79 Å². The maximum atomic E-state index is 12.4. The molecule has 37 heavy (non-hydrogen) atoms. The molecule has 0 aromatic heterocycles. The largest absolute Gasteiger partial charge is 0.492 e. The van der Waals surface area contributed by atoms with Crippen molar-refractivity contribution in [2.75, 3.05) is 38.6 Å². The fraction of sp³-hybridized carbons (Fsp3) is 0.438. The second-order valence-corrected chi connectivity index (χ2v) is 8.07. The lowest BCUT2D eigenvalue weighted by molar-refractivity contribution is -0.103. The van der Waals surface area contributed by atoms with Crippen LogP contribution >= 0.6 is 0 Å². The molecule has 0 heterocycles. The zero-order valence-corrected chi connectivity index (χ0v) is 24.3. The van der Waals surface area contributed by atoms with Gasteiger partial charge in [0.05, 0.1) is 0 Å². The molecule has 204 valence electrons. The summed E-state index contributed by atoms with van der Waals surface area (Å²) in [6.07, 6.45) is 4.94. The summed E-state index contributed by atoms with van der Waals surface area (Å²) < 4.78 is 5.94. The molecule has 2 aromatic carbocycles. The standard InChI is InChI=1S/C29H40N2O2.C2H6.CH2O/c1-7-11-22(5)24-14-17-29(30-6)27(20-24)28(21-32)26(8-2)23-12-15-25(16-13-23)33-19-18-31(9-3)10-4;2*1-2/h11-17,20-21,30H,7-10,18-19H2,1-6H3;1-2H3;1H2/b22-11+,28-26-;;. The summed E-state index contributed by atoms with van der Waals surface area (Å²) >= 11 is 0. The molecule has 0 aliphatic heterocycles. The fourth-order valence-corrected chi connectivity index (χ4v) is 4.09. The molecule has 0 spiro atoms. The number of likely N-dealkylation sites (N-methyl/N-ethyl adjacent to an activating group) is 1. The second-order valence-electron chi connectivity index (χ2n) is 8.07. The number of rotatable bonds is 13. The minimum Gasteiger partial charge on any atom is -0.492 e. The maximum Gasteiger partial charge on any atom is 0.151 e. The number of hydrogen-bond acceptors (Lipinski definition) is 5. The molecule has 5 heteroatoms. The molecule has 0 aliphatic rings. The maximum absolute atomic E-state index is 12.4. The van der Waals surface area contributed by atoms with Crippen LogP contribution in [0.3, 0.4) is 0 Å². The molecule has 2 rings (SSSR count). The van der Waals surface area contributed by atoms with Gasteiger partial charge in [0.2, 0.25) is 0 Å². The van der Waals surface area contributed by atoms with Crippen molar-refractivity contribution in [2.24, 2.45) is 0 Å². The molecule has 0 radical (unpaired) electrons. The topological polar surface area (TPSA) is 58.6 Å². The highest BCUT2D eigenvalue weighted by molar-refractivity contribution is 6.19. The summed E-state index contributed by atoms with van der Waals surface area (Å²) in [6, 6.07) is 14.4. The average Bonchev–Trinajstić information content (AvgIpc) is 2.96. The van der Waals surface area contributed by atoms with Crippen molar-refractivity contribution < 1.29 is 14.3 Å². The molecular weight excluding hydrogens is 460 g/mol. The van der Waals surface area contributed by atoms with E-state index in [1.165, 1.54) is 5.57 Å². The number of carbonyl (C=O) groups excluding carboxylic acids is 2. The number of anilines is 1. The smallest absolute Gasteiger partial charge is 0.151 e. The normalized spacial score (nSPS) is 11.4. The van der Waals surface area contributed by atoms with Gasteiger partial charge < -0.3 is 19.7 Å². The van der Waals surface area contributed by atoms with Crippen LogP contribution in [-0.2, 0) is 9.59 Å². The predicted octanol–water partition coefficient (Wildman–Crippen LogP) is 7.62. The van der Waals surface area contributed by atoms with Crippen LogP contribution in [0.5, 0.6) is 5.75 Å². The van der Waals surface area contributed by atoms with Gasteiger partial charge in [-0.1, -0.05) is 65.8 Å². The Labute approximate surface area is 225 Å². The van der Waals surface area contributed by atoms with Crippen LogP contribution < -0.4 is 10.1 Å². The van der Waals surface area contributed by atoms with Gasteiger partial charge in [0, 0.05) is 30.4 Å². The highest BCUT2D eigenvalue weighted by atomic mass is 16.5. The first kappa shape index (κ1) is 33.8. The molecule has 0 bridgehead atoms. The van der Waals surface area contributed by atoms with Crippen molar-refractivity contribution in [3.63, 3.8) is 0 Å². The first-order valence-electron chi connectivity index (χ1n) is 13.4. The van der Waals surface area contributed by atoms with Crippen LogP contribution in [-0.4, -0.2) is 51.3 Å². The van der Waals surface area contributed by atoms with E-state index in [1.54, 1.807) is 0 Å². The predicted molar refractivity (Wildman–Crippen MR) is 161 cm³/mol. The van der Waals surface area contributed by atoms with Gasteiger partial charge in [-0.2, -0.15) is 0 Å². The van der Waals surface area contributed by atoms with E-state index in [-0.39, 0.29) is 0 Å². The van der Waals surface area contributed by atoms with E-state index in [0.29, 0.717) is 6.61 Å². The SMILES string of the molecule is C=O.CC.CC/C=C(\C)c1ccc(NC)c(/C(C=O)=C(/CC)c2ccc(OCCN(CC)CC)cc2)c1. The second kappa shape index (κ2) is 19.9. The summed E-state index contributed by atoms with van der Waals surface area (Å²) in [7, 11) is 1.89. The van der Waals surface area contributed by atoms with E-state index >= 15 is 0 Å². The van der Waals surface area contributed by atoms with Crippen LogP contribution in [0.1, 0.15) is 78.0 Å². The number of hydrogen-bond donors (Lipinski definition) is 1. The average molecular weight is 509 g/mol. The molecule has 0 amide bonds. The monoisotopic (exact) mass is 508 g/mol. The van der Waals surface area contributed by atoms with Crippen molar-refractivity contribution in [2.45, 2.75) is 61.3 Å². The van der Waals surface area contributed by atoms with Crippen molar-refractivity contribution in [1.29, 1.82) is 0 Å². The minimum atomic E-state index is 0.667. The number of carbonyl (C=O) groups is 2. The van der Waals surface area contributed by atoms with Crippen molar-refractivity contribution in [3.05, 3.63) is 65.2 Å². The molecule has 0 unspecified atom stereocenters. The van der Waals surface area contributed by atoms with E-state index in [4.69, 9.17) is 9.53 Å². The van der Waals surface area contributed by atoms with Crippen LogP contribution in [0.2, 0.25) is 0 Å². The summed E-state index contributed by atoms with van der Waals surface area (Å²) in [6.45, 7) is 20.3. The Balaban J connectivity index is 0.00000308. The van der Waals surface area contributed by atoms with Gasteiger partial charge in [-0.25, -0.2) is 0 Å². The van der Waals surface area contributed by atoms with Gasteiger partial charge >= 0.3 is 0 Å². The van der Waals surface area contributed by atoms with Gasteiger partial charge in [0.1, 0.15) is 19.1 Å². The summed E-state index contributed by atoms with van der Waals surface area (Å²) in [5.41, 5.74) is 7.05. The zero-order chi connectivity index (χ0) is 28.2. The van der Waals surface area contributed by atoms with E-state index in [9.17, 15) is 4.79 Å². The molecule has 0 saturated carbocycles. The molecular formula is C32H48N2O3. The zero-order valence-electron chi connectivity index (χ0n) is 24.3. The first-order chi connectivity index (χ1) is 18.0. The van der Waals surface area contributed by atoms with Gasteiger partial charge in [-0.05, 0) is 79.4 Å². The Bertz CT molecular complexity index is 974. The summed E-state index contributed by atoms with van der Waals surface area (Å²) in [5, 5.41) is 3.25. The molecule has 1 N–H and O–H groups in total. The molecule has 5 nitrogen and oxygen atoms in total. The van der Waals surface area contributed by atoms with Gasteiger partial charge in [-0.15, -0.1) is 0 Å². The number of aldehydes is 1. The highest BCUT2D eigenvalue weighted by Crippen LogP contribution is 2.34. The van der Waals surface area contributed by atoms with Crippen molar-refractivity contribution in [1.82, 2.24) is 4.90 Å². The summed E-state index contributed by atoms with van der Waals surface area (Å²) in [5.74, 6) is 0.854. The molecule has 0 aliphatic carbocycles. The van der Waals surface area contributed by atoms with Crippen molar-refractivity contribution in [3.8, 4) is 5.75 Å². The molecule has 0 fully saturated rings. The number of ether oxygens (including phenoxy) is 1.